The zero-order valence-corrected chi connectivity index (χ0v) is 12.6. The Labute approximate surface area is 116 Å². The molecule has 1 unspecified atom stereocenters. The van der Waals surface area contributed by atoms with E-state index < -0.39 is 5.54 Å². The molecular formula is C16H24N2O. The Kier molecular flexibility index (Phi) is 5.38. The molecule has 0 amide bonds. The van der Waals surface area contributed by atoms with E-state index in [1.54, 1.807) is 0 Å². The van der Waals surface area contributed by atoms with E-state index in [1.165, 1.54) is 11.1 Å². The van der Waals surface area contributed by atoms with Gasteiger partial charge in [0.15, 0.2) is 0 Å². The lowest BCUT2D eigenvalue weighted by Gasteiger charge is -2.25. The monoisotopic (exact) mass is 260 g/mol. The quantitative estimate of drug-likeness (QED) is 0.853. The molecule has 1 N–H and O–H groups in total. The highest BCUT2D eigenvalue weighted by molar-refractivity contribution is 5.33. The van der Waals surface area contributed by atoms with E-state index in [-0.39, 0.29) is 6.04 Å². The second kappa shape index (κ2) is 6.58. The summed E-state index contributed by atoms with van der Waals surface area (Å²) in [7, 11) is 0. The first-order valence-corrected chi connectivity index (χ1v) is 6.75. The van der Waals surface area contributed by atoms with Crippen LogP contribution in [0.15, 0.2) is 18.2 Å². The maximum absolute atomic E-state index is 9.24. The van der Waals surface area contributed by atoms with E-state index in [9.17, 15) is 5.26 Å². The Hall–Kier alpha value is -1.53. The normalized spacial score (nSPS) is 13.9. The fourth-order valence-corrected chi connectivity index (χ4v) is 1.97. The fourth-order valence-electron chi connectivity index (χ4n) is 1.97. The van der Waals surface area contributed by atoms with Gasteiger partial charge in [-0.05, 0) is 57.9 Å². The highest BCUT2D eigenvalue weighted by Crippen LogP contribution is 2.18. The molecule has 0 aromatic heterocycles. The van der Waals surface area contributed by atoms with E-state index in [0.29, 0.717) is 13.0 Å². The number of ether oxygens (including phenoxy) is 1. The molecule has 104 valence electrons. The van der Waals surface area contributed by atoms with Crippen LogP contribution < -0.4 is 10.1 Å². The van der Waals surface area contributed by atoms with Crippen molar-refractivity contribution in [2.45, 2.75) is 52.6 Å². The van der Waals surface area contributed by atoms with Crippen molar-refractivity contribution >= 4 is 0 Å². The number of benzene rings is 1. The third kappa shape index (κ3) is 4.92. The molecular weight excluding hydrogens is 236 g/mol. The van der Waals surface area contributed by atoms with Crippen LogP contribution in [0.2, 0.25) is 0 Å². The standard InChI is InChI=1S/C16H24N2O/c1-12(2)18-16(5,11-17)8-9-19-15-7-6-13(3)14(4)10-15/h6-7,10,12,18H,8-9H2,1-5H3. The highest BCUT2D eigenvalue weighted by Gasteiger charge is 2.24. The van der Waals surface area contributed by atoms with Crippen LogP contribution in [0.1, 0.15) is 38.3 Å². The van der Waals surface area contributed by atoms with Crippen LogP contribution in [-0.4, -0.2) is 18.2 Å². The molecule has 0 aliphatic heterocycles. The molecule has 1 atom stereocenters. The summed E-state index contributed by atoms with van der Waals surface area (Å²) in [4.78, 5) is 0. The van der Waals surface area contributed by atoms with E-state index in [0.717, 1.165) is 5.75 Å². The minimum Gasteiger partial charge on any atom is -0.493 e. The van der Waals surface area contributed by atoms with Gasteiger partial charge in [-0.1, -0.05) is 6.07 Å². The van der Waals surface area contributed by atoms with Gasteiger partial charge in [-0.3, -0.25) is 5.32 Å². The smallest absolute Gasteiger partial charge is 0.119 e. The summed E-state index contributed by atoms with van der Waals surface area (Å²) < 4.78 is 5.73. The van der Waals surface area contributed by atoms with Crippen molar-refractivity contribution in [3.8, 4) is 11.8 Å². The predicted molar refractivity (Wildman–Crippen MR) is 78.3 cm³/mol. The van der Waals surface area contributed by atoms with Gasteiger partial charge in [-0.2, -0.15) is 5.26 Å². The molecule has 1 aromatic carbocycles. The van der Waals surface area contributed by atoms with Gasteiger partial charge in [-0.25, -0.2) is 0 Å². The number of nitrogens with one attached hydrogen (secondary N) is 1. The van der Waals surface area contributed by atoms with Crippen LogP contribution >= 0.6 is 0 Å². The molecule has 0 bridgehead atoms. The molecule has 0 fully saturated rings. The SMILES string of the molecule is Cc1ccc(OCCC(C)(C#N)NC(C)C)cc1C. The molecule has 0 saturated heterocycles. The zero-order chi connectivity index (χ0) is 14.5. The van der Waals surface area contributed by atoms with E-state index in [2.05, 4.69) is 31.3 Å². The molecule has 1 aromatic rings. The first-order valence-electron chi connectivity index (χ1n) is 6.75. The highest BCUT2D eigenvalue weighted by atomic mass is 16.5. The summed E-state index contributed by atoms with van der Waals surface area (Å²) in [5, 5.41) is 12.5. The van der Waals surface area contributed by atoms with Gasteiger partial charge in [0.2, 0.25) is 0 Å². The van der Waals surface area contributed by atoms with Crippen molar-refractivity contribution < 1.29 is 4.74 Å². The van der Waals surface area contributed by atoms with Crippen LogP contribution in [0.4, 0.5) is 0 Å². The van der Waals surface area contributed by atoms with Crippen molar-refractivity contribution in [3.63, 3.8) is 0 Å². The van der Waals surface area contributed by atoms with E-state index >= 15 is 0 Å². The van der Waals surface area contributed by atoms with Crippen LogP contribution in [0.3, 0.4) is 0 Å². The summed E-state index contributed by atoms with van der Waals surface area (Å²) in [6.45, 7) is 10.7. The topological polar surface area (TPSA) is 45.0 Å². The Morgan fingerprint density at radius 1 is 1.32 bits per heavy atom. The molecule has 0 radical (unpaired) electrons. The van der Waals surface area contributed by atoms with Gasteiger partial charge in [0.25, 0.3) is 0 Å². The van der Waals surface area contributed by atoms with Crippen LogP contribution in [0.25, 0.3) is 0 Å². The lowest BCUT2D eigenvalue weighted by atomic mass is 9.99. The largest absolute Gasteiger partial charge is 0.493 e. The van der Waals surface area contributed by atoms with Crippen LogP contribution in [-0.2, 0) is 0 Å². The minimum atomic E-state index is -0.534. The van der Waals surface area contributed by atoms with E-state index in [1.807, 2.05) is 32.9 Å². The molecule has 1 rings (SSSR count). The summed E-state index contributed by atoms with van der Waals surface area (Å²) in [6.07, 6.45) is 0.661. The van der Waals surface area contributed by atoms with Crippen molar-refractivity contribution in [1.82, 2.24) is 5.32 Å². The second-order valence-corrected chi connectivity index (χ2v) is 5.59. The first-order chi connectivity index (χ1) is 8.86. The summed E-state index contributed by atoms with van der Waals surface area (Å²) in [6, 6.07) is 8.68. The average Bonchev–Trinajstić information content (AvgIpc) is 2.33. The van der Waals surface area contributed by atoms with Gasteiger partial charge in [0.1, 0.15) is 11.3 Å². The number of hydrogen-bond acceptors (Lipinski definition) is 3. The Bertz CT molecular complexity index is 462. The summed E-state index contributed by atoms with van der Waals surface area (Å²) in [5.74, 6) is 0.868. The molecule has 0 aliphatic carbocycles. The molecule has 0 saturated carbocycles. The maximum Gasteiger partial charge on any atom is 0.119 e. The first kappa shape index (κ1) is 15.5. The van der Waals surface area contributed by atoms with Gasteiger partial charge in [0, 0.05) is 12.5 Å². The lowest BCUT2D eigenvalue weighted by molar-refractivity contribution is 0.260. The van der Waals surface area contributed by atoms with Crippen molar-refractivity contribution in [3.05, 3.63) is 29.3 Å². The van der Waals surface area contributed by atoms with Crippen LogP contribution in [0, 0.1) is 25.2 Å². The molecule has 0 heterocycles. The molecule has 3 nitrogen and oxygen atoms in total. The second-order valence-electron chi connectivity index (χ2n) is 5.59. The summed E-state index contributed by atoms with van der Waals surface area (Å²) >= 11 is 0. The zero-order valence-electron chi connectivity index (χ0n) is 12.6. The van der Waals surface area contributed by atoms with Gasteiger partial charge >= 0.3 is 0 Å². The van der Waals surface area contributed by atoms with Gasteiger partial charge < -0.3 is 4.74 Å². The van der Waals surface area contributed by atoms with Crippen molar-refractivity contribution in [1.29, 1.82) is 5.26 Å². The number of nitriles is 1. The summed E-state index contributed by atoms with van der Waals surface area (Å²) in [5.41, 5.74) is 1.95. The number of hydrogen-bond donors (Lipinski definition) is 1. The molecule has 3 heteroatoms. The molecule has 0 spiro atoms. The third-order valence-electron chi connectivity index (χ3n) is 3.20. The van der Waals surface area contributed by atoms with Crippen LogP contribution in [0.5, 0.6) is 5.75 Å². The average molecular weight is 260 g/mol. The number of aryl methyl sites for hydroxylation is 2. The Balaban J connectivity index is 2.53. The van der Waals surface area contributed by atoms with Gasteiger partial charge in [0.05, 0.1) is 12.7 Å². The maximum atomic E-state index is 9.24. The molecule has 19 heavy (non-hydrogen) atoms. The molecule has 0 aliphatic rings. The minimum absolute atomic E-state index is 0.284. The lowest BCUT2D eigenvalue weighted by Crippen LogP contribution is -2.45. The van der Waals surface area contributed by atoms with Gasteiger partial charge in [-0.15, -0.1) is 0 Å². The third-order valence-corrected chi connectivity index (χ3v) is 3.20. The van der Waals surface area contributed by atoms with Crippen molar-refractivity contribution in [2.24, 2.45) is 0 Å². The van der Waals surface area contributed by atoms with Crippen molar-refractivity contribution in [2.75, 3.05) is 6.61 Å². The fraction of sp³-hybridized carbons (Fsp3) is 0.562. The van der Waals surface area contributed by atoms with E-state index in [4.69, 9.17) is 4.74 Å². The number of rotatable bonds is 6. The predicted octanol–water partition coefficient (Wildman–Crippen LogP) is 3.35. The Morgan fingerprint density at radius 2 is 2.00 bits per heavy atom. The number of nitrogens with zero attached hydrogens (tertiary/aromatic N) is 1. The Morgan fingerprint density at radius 3 is 2.53 bits per heavy atom.